The molecule has 1 aromatic carbocycles. The molecule has 2 rings (SSSR count). The van der Waals surface area contributed by atoms with Gasteiger partial charge in [0.15, 0.2) is 11.6 Å². The van der Waals surface area contributed by atoms with Crippen LogP contribution in [0.3, 0.4) is 0 Å². The van der Waals surface area contributed by atoms with Crippen LogP contribution in [0.2, 0.25) is 0 Å². The summed E-state index contributed by atoms with van der Waals surface area (Å²) >= 11 is 0. The van der Waals surface area contributed by atoms with Gasteiger partial charge in [0.25, 0.3) is 0 Å². The number of carbonyl (C=O) groups excluding carboxylic acids is 1. The SMILES string of the molecule is CC(C)[C@@H](NC(=O)Oc1ccccc1N=Nc1ccc(N)nc1N)C(=O)O. The van der Waals surface area contributed by atoms with Gasteiger partial charge in [-0.2, -0.15) is 0 Å². The summed E-state index contributed by atoms with van der Waals surface area (Å²) in [5.41, 5.74) is 11.8. The Morgan fingerprint density at radius 1 is 1.11 bits per heavy atom. The van der Waals surface area contributed by atoms with Gasteiger partial charge < -0.3 is 26.6 Å². The maximum Gasteiger partial charge on any atom is 0.413 e. The second-order valence-electron chi connectivity index (χ2n) is 5.90. The number of aliphatic carboxylic acids is 1. The number of hydrogen-bond acceptors (Lipinski definition) is 8. The topological polar surface area (TPSA) is 165 Å². The van der Waals surface area contributed by atoms with Crippen molar-refractivity contribution >= 4 is 35.1 Å². The Hall–Kier alpha value is -3.69. The minimum Gasteiger partial charge on any atom is -0.480 e. The van der Waals surface area contributed by atoms with Crippen LogP contribution in [0, 0.1) is 5.92 Å². The zero-order valence-electron chi connectivity index (χ0n) is 14.8. The van der Waals surface area contributed by atoms with Gasteiger partial charge in [0.05, 0.1) is 0 Å². The second kappa shape index (κ2) is 8.61. The number of amides is 1. The number of para-hydroxylation sites is 1. The fourth-order valence-electron chi connectivity index (χ4n) is 2.07. The maximum absolute atomic E-state index is 12.0. The van der Waals surface area contributed by atoms with Gasteiger partial charge in [0, 0.05) is 0 Å². The first-order valence-corrected chi connectivity index (χ1v) is 8.02. The van der Waals surface area contributed by atoms with E-state index in [2.05, 4.69) is 20.5 Å². The number of nitrogen functional groups attached to an aromatic ring is 2. The van der Waals surface area contributed by atoms with Crippen LogP contribution in [-0.4, -0.2) is 28.2 Å². The van der Waals surface area contributed by atoms with Crippen LogP contribution in [0.5, 0.6) is 5.75 Å². The van der Waals surface area contributed by atoms with Crippen molar-refractivity contribution in [1.82, 2.24) is 10.3 Å². The maximum atomic E-state index is 12.0. The van der Waals surface area contributed by atoms with Crippen molar-refractivity contribution in [2.24, 2.45) is 16.1 Å². The molecule has 0 saturated heterocycles. The molecule has 10 heteroatoms. The number of rotatable bonds is 6. The van der Waals surface area contributed by atoms with E-state index >= 15 is 0 Å². The van der Waals surface area contributed by atoms with Crippen LogP contribution in [0.1, 0.15) is 13.8 Å². The second-order valence-corrected chi connectivity index (χ2v) is 5.90. The van der Waals surface area contributed by atoms with E-state index in [4.69, 9.17) is 21.3 Å². The molecule has 27 heavy (non-hydrogen) atoms. The zero-order chi connectivity index (χ0) is 20.0. The molecule has 0 aliphatic rings. The molecule has 142 valence electrons. The third kappa shape index (κ3) is 5.39. The van der Waals surface area contributed by atoms with Crippen molar-refractivity contribution in [3.63, 3.8) is 0 Å². The summed E-state index contributed by atoms with van der Waals surface area (Å²) < 4.78 is 5.18. The van der Waals surface area contributed by atoms with Crippen molar-refractivity contribution in [2.45, 2.75) is 19.9 Å². The summed E-state index contributed by atoms with van der Waals surface area (Å²) in [6.07, 6.45) is -0.910. The zero-order valence-corrected chi connectivity index (χ0v) is 14.8. The normalized spacial score (nSPS) is 12.1. The molecular formula is C17H20N6O4. The first-order chi connectivity index (χ1) is 12.8. The summed E-state index contributed by atoms with van der Waals surface area (Å²) in [6.45, 7) is 3.35. The van der Waals surface area contributed by atoms with Gasteiger partial charge in [-0.05, 0) is 30.2 Å². The number of azo groups is 1. The summed E-state index contributed by atoms with van der Waals surface area (Å²) in [7, 11) is 0. The van der Waals surface area contributed by atoms with Gasteiger partial charge in [-0.25, -0.2) is 14.6 Å². The van der Waals surface area contributed by atoms with Gasteiger partial charge in [0.2, 0.25) is 0 Å². The molecule has 1 heterocycles. The van der Waals surface area contributed by atoms with Gasteiger partial charge >= 0.3 is 12.1 Å². The summed E-state index contributed by atoms with van der Waals surface area (Å²) in [5, 5.41) is 19.4. The molecule has 0 unspecified atom stereocenters. The van der Waals surface area contributed by atoms with Crippen LogP contribution in [0.4, 0.5) is 27.8 Å². The first kappa shape index (κ1) is 19.6. The van der Waals surface area contributed by atoms with Crippen LogP contribution in [0.15, 0.2) is 46.6 Å². The number of pyridine rings is 1. The van der Waals surface area contributed by atoms with Crippen LogP contribution >= 0.6 is 0 Å². The van der Waals surface area contributed by atoms with Crippen molar-refractivity contribution in [1.29, 1.82) is 0 Å². The number of aromatic nitrogens is 1. The molecule has 0 bridgehead atoms. The van der Waals surface area contributed by atoms with Crippen LogP contribution < -0.4 is 21.5 Å². The minimum absolute atomic E-state index is 0.105. The Bertz CT molecular complexity index is 868. The van der Waals surface area contributed by atoms with E-state index in [0.29, 0.717) is 5.69 Å². The van der Waals surface area contributed by atoms with Gasteiger partial charge in [-0.15, -0.1) is 10.2 Å². The van der Waals surface area contributed by atoms with E-state index in [9.17, 15) is 9.59 Å². The average Bonchev–Trinajstić information content (AvgIpc) is 2.59. The highest BCUT2D eigenvalue weighted by Crippen LogP contribution is 2.30. The molecule has 10 nitrogen and oxygen atoms in total. The van der Waals surface area contributed by atoms with Crippen molar-refractivity contribution in [2.75, 3.05) is 11.5 Å². The van der Waals surface area contributed by atoms with E-state index in [1.165, 1.54) is 12.1 Å². The molecule has 0 spiro atoms. The molecule has 0 radical (unpaired) electrons. The lowest BCUT2D eigenvalue weighted by molar-refractivity contribution is -0.140. The number of nitrogens with zero attached hydrogens (tertiary/aromatic N) is 3. The number of anilines is 2. The lowest BCUT2D eigenvalue weighted by Gasteiger charge is -2.17. The molecule has 0 fully saturated rings. The molecular weight excluding hydrogens is 352 g/mol. The Kier molecular flexibility index (Phi) is 6.26. The van der Waals surface area contributed by atoms with Crippen molar-refractivity contribution in [3.05, 3.63) is 36.4 Å². The number of nitrogens with one attached hydrogen (secondary N) is 1. The Balaban J connectivity index is 2.16. The number of ether oxygens (including phenoxy) is 1. The monoisotopic (exact) mass is 372 g/mol. The third-order valence-corrected chi connectivity index (χ3v) is 3.46. The van der Waals surface area contributed by atoms with Gasteiger partial charge in [0.1, 0.15) is 23.2 Å². The molecule has 1 aromatic heterocycles. The van der Waals surface area contributed by atoms with E-state index in [1.807, 2.05) is 0 Å². The number of carboxylic acids is 1. The minimum atomic E-state index is -1.15. The van der Waals surface area contributed by atoms with Crippen LogP contribution in [0.25, 0.3) is 0 Å². The van der Waals surface area contributed by atoms with Crippen molar-refractivity contribution in [3.8, 4) is 5.75 Å². The lowest BCUT2D eigenvalue weighted by atomic mass is 10.1. The molecule has 0 saturated carbocycles. The quantitative estimate of drug-likeness (QED) is 0.566. The first-order valence-electron chi connectivity index (χ1n) is 8.02. The Morgan fingerprint density at radius 2 is 1.78 bits per heavy atom. The highest BCUT2D eigenvalue weighted by Gasteiger charge is 2.24. The van der Waals surface area contributed by atoms with Gasteiger partial charge in [-0.1, -0.05) is 26.0 Å². The molecule has 2 aromatic rings. The number of nitrogens with two attached hydrogens (primary N) is 2. The highest BCUT2D eigenvalue weighted by molar-refractivity contribution is 5.81. The fourth-order valence-corrected chi connectivity index (χ4v) is 2.07. The van der Waals surface area contributed by atoms with E-state index in [-0.39, 0.29) is 29.0 Å². The largest absolute Gasteiger partial charge is 0.480 e. The number of benzene rings is 1. The van der Waals surface area contributed by atoms with Crippen molar-refractivity contribution < 1.29 is 19.4 Å². The predicted molar refractivity (Wildman–Crippen MR) is 99.1 cm³/mol. The average molecular weight is 372 g/mol. The summed E-state index contributed by atoms with van der Waals surface area (Å²) in [4.78, 5) is 27.1. The smallest absolute Gasteiger partial charge is 0.413 e. The van der Waals surface area contributed by atoms with Crippen LogP contribution in [-0.2, 0) is 4.79 Å². The predicted octanol–water partition coefficient (Wildman–Crippen LogP) is 2.86. The third-order valence-electron chi connectivity index (χ3n) is 3.46. The number of carbonyl (C=O) groups is 2. The highest BCUT2D eigenvalue weighted by atomic mass is 16.6. The lowest BCUT2D eigenvalue weighted by Crippen LogP contribution is -2.45. The Labute approximate surface area is 155 Å². The van der Waals surface area contributed by atoms with E-state index in [0.717, 1.165) is 0 Å². The van der Waals surface area contributed by atoms with E-state index < -0.39 is 18.1 Å². The molecule has 1 amide bonds. The number of carboxylic acid groups (broad SMARTS) is 1. The standard InChI is InChI=1S/C17H20N6O4/c1-9(2)14(16(24)25)21-17(26)27-12-6-4-3-5-10(12)22-23-11-7-8-13(18)20-15(11)19/h3-9,14H,1-2H3,(H,21,26)(H,24,25)(H4,18,19,20)/t14-/m1/s1. The molecule has 0 aliphatic carbocycles. The molecule has 0 aliphatic heterocycles. The summed E-state index contributed by atoms with van der Waals surface area (Å²) in [6, 6.07) is 8.39. The number of hydrogen-bond donors (Lipinski definition) is 4. The fraction of sp³-hybridized carbons (Fsp3) is 0.235. The molecule has 1 atom stereocenters. The Morgan fingerprint density at radius 3 is 2.41 bits per heavy atom. The van der Waals surface area contributed by atoms with Gasteiger partial charge in [-0.3, -0.25) is 0 Å². The summed E-state index contributed by atoms with van der Waals surface area (Å²) in [5.74, 6) is -0.998. The molecule has 6 N–H and O–H groups in total. The van der Waals surface area contributed by atoms with E-state index in [1.54, 1.807) is 38.1 Å².